The van der Waals surface area contributed by atoms with Gasteiger partial charge < -0.3 is 8.98 Å². The van der Waals surface area contributed by atoms with E-state index in [9.17, 15) is 0 Å². The second kappa shape index (κ2) is 6.39. The number of para-hydroxylation sites is 2. The molecule has 0 bridgehead atoms. The molecule has 3 nitrogen and oxygen atoms in total. The molecule has 0 N–H and O–H groups in total. The molecule has 0 saturated heterocycles. The van der Waals surface area contributed by atoms with E-state index in [4.69, 9.17) is 4.42 Å². The molecular weight excluding hydrogens is 428 g/mol. The first kappa shape index (κ1) is 19.0. The van der Waals surface area contributed by atoms with Crippen molar-refractivity contribution in [2.24, 2.45) is 0 Å². The molecule has 166 valence electrons. The Morgan fingerprint density at radius 1 is 0.771 bits per heavy atom. The molecule has 0 fully saturated rings. The van der Waals surface area contributed by atoms with Gasteiger partial charge in [0, 0.05) is 44.3 Å². The van der Waals surface area contributed by atoms with Gasteiger partial charge in [0.1, 0.15) is 11.2 Å². The normalized spacial score (nSPS) is 14.2. The maximum Gasteiger partial charge on any atom is 0.140 e. The van der Waals surface area contributed by atoms with Crippen molar-refractivity contribution in [1.29, 1.82) is 0 Å². The third kappa shape index (κ3) is 2.23. The van der Waals surface area contributed by atoms with Gasteiger partial charge in [-0.2, -0.15) is 0 Å². The van der Waals surface area contributed by atoms with Crippen molar-refractivity contribution in [2.75, 3.05) is 0 Å². The number of fused-ring (bicyclic) bond motifs is 12. The number of rotatable bonds is 1. The van der Waals surface area contributed by atoms with Crippen LogP contribution in [0, 0.1) is 0 Å². The maximum atomic E-state index is 6.71. The molecule has 8 rings (SSSR count). The highest BCUT2D eigenvalue weighted by Gasteiger charge is 2.41. The molecule has 0 radical (unpaired) electrons. The van der Waals surface area contributed by atoms with Gasteiger partial charge in [-0.3, -0.25) is 4.98 Å². The van der Waals surface area contributed by atoms with Crippen molar-refractivity contribution in [2.45, 2.75) is 19.3 Å². The van der Waals surface area contributed by atoms with E-state index >= 15 is 0 Å². The summed E-state index contributed by atoms with van der Waals surface area (Å²) < 4.78 is 9.11. The van der Waals surface area contributed by atoms with Crippen molar-refractivity contribution >= 4 is 43.7 Å². The Hall–Kier alpha value is -4.37. The molecule has 0 saturated carbocycles. The second-order valence-corrected chi connectivity index (χ2v) is 10.0. The summed E-state index contributed by atoms with van der Waals surface area (Å²) in [6, 6.07) is 30.2. The van der Waals surface area contributed by atoms with Gasteiger partial charge in [-0.1, -0.05) is 74.5 Å². The number of pyridine rings is 1. The molecule has 3 aromatic heterocycles. The van der Waals surface area contributed by atoms with Crippen LogP contribution in [-0.4, -0.2) is 9.55 Å². The fourth-order valence-corrected chi connectivity index (χ4v) is 6.42. The molecule has 0 amide bonds. The third-order valence-electron chi connectivity index (χ3n) is 7.83. The van der Waals surface area contributed by atoms with Crippen LogP contribution in [0.1, 0.15) is 25.0 Å². The van der Waals surface area contributed by atoms with Crippen LogP contribution in [0.5, 0.6) is 0 Å². The number of benzene rings is 4. The van der Waals surface area contributed by atoms with Crippen LogP contribution in [-0.2, 0) is 5.41 Å². The van der Waals surface area contributed by atoms with Gasteiger partial charge in [0.25, 0.3) is 0 Å². The van der Waals surface area contributed by atoms with Crippen LogP contribution in [0.4, 0.5) is 0 Å². The summed E-state index contributed by atoms with van der Waals surface area (Å²) in [5, 5.41) is 4.84. The Morgan fingerprint density at radius 2 is 1.54 bits per heavy atom. The van der Waals surface area contributed by atoms with E-state index < -0.39 is 0 Å². The van der Waals surface area contributed by atoms with E-state index in [2.05, 4.69) is 102 Å². The average Bonchev–Trinajstić information content (AvgIpc) is 3.51. The van der Waals surface area contributed by atoms with Gasteiger partial charge in [-0.25, -0.2) is 0 Å². The van der Waals surface area contributed by atoms with Crippen LogP contribution < -0.4 is 0 Å². The Labute approximate surface area is 202 Å². The fraction of sp³-hybridized carbons (Fsp3) is 0.0938. The Kier molecular flexibility index (Phi) is 3.47. The van der Waals surface area contributed by atoms with Crippen molar-refractivity contribution < 1.29 is 4.42 Å². The Balaban J connectivity index is 1.77. The molecule has 3 heteroatoms. The molecule has 3 heterocycles. The van der Waals surface area contributed by atoms with E-state index in [0.29, 0.717) is 0 Å². The largest absolute Gasteiger partial charge is 0.456 e. The topological polar surface area (TPSA) is 31.0 Å². The molecule has 0 unspecified atom stereocenters. The van der Waals surface area contributed by atoms with E-state index in [1.165, 1.54) is 49.4 Å². The quantitative estimate of drug-likeness (QED) is 0.251. The zero-order valence-corrected chi connectivity index (χ0v) is 19.5. The molecule has 0 spiro atoms. The van der Waals surface area contributed by atoms with Gasteiger partial charge in [0.2, 0.25) is 0 Å². The first-order chi connectivity index (χ1) is 17.2. The Morgan fingerprint density at radius 3 is 2.40 bits per heavy atom. The number of aromatic nitrogens is 2. The van der Waals surface area contributed by atoms with Crippen LogP contribution >= 0.6 is 0 Å². The van der Waals surface area contributed by atoms with E-state index in [-0.39, 0.29) is 5.41 Å². The van der Waals surface area contributed by atoms with Gasteiger partial charge in [0.05, 0.1) is 22.9 Å². The first-order valence-corrected chi connectivity index (χ1v) is 12.1. The minimum atomic E-state index is -0.192. The minimum absolute atomic E-state index is 0.192. The van der Waals surface area contributed by atoms with E-state index in [1.807, 2.05) is 18.5 Å². The van der Waals surface area contributed by atoms with Crippen LogP contribution in [0.3, 0.4) is 0 Å². The summed E-state index contributed by atoms with van der Waals surface area (Å²) in [6.07, 6.45) is 3.80. The summed E-state index contributed by atoms with van der Waals surface area (Å²) in [5.74, 6) is 0. The summed E-state index contributed by atoms with van der Waals surface area (Å²) in [5.41, 5.74) is 10.4. The van der Waals surface area contributed by atoms with Crippen LogP contribution in [0.15, 0.2) is 102 Å². The zero-order valence-electron chi connectivity index (χ0n) is 19.5. The number of furan rings is 1. The molecule has 35 heavy (non-hydrogen) atoms. The molecular formula is C32H22N2O. The summed E-state index contributed by atoms with van der Waals surface area (Å²) >= 11 is 0. The van der Waals surface area contributed by atoms with Gasteiger partial charge >= 0.3 is 0 Å². The lowest BCUT2D eigenvalue weighted by Crippen LogP contribution is -2.15. The predicted molar refractivity (Wildman–Crippen MR) is 143 cm³/mol. The van der Waals surface area contributed by atoms with Gasteiger partial charge in [-0.15, -0.1) is 0 Å². The summed E-state index contributed by atoms with van der Waals surface area (Å²) in [7, 11) is 0. The maximum absolute atomic E-state index is 6.71. The van der Waals surface area contributed by atoms with Crippen molar-refractivity contribution in [3.63, 3.8) is 0 Å². The average molecular weight is 451 g/mol. The molecule has 4 aromatic carbocycles. The van der Waals surface area contributed by atoms with Gasteiger partial charge in [-0.05, 0) is 35.4 Å². The lowest BCUT2D eigenvalue weighted by Gasteiger charge is -2.21. The smallest absolute Gasteiger partial charge is 0.140 e. The number of nitrogens with zero attached hydrogens (tertiary/aromatic N) is 2. The lowest BCUT2D eigenvalue weighted by molar-refractivity contribution is 0.620. The summed E-state index contributed by atoms with van der Waals surface area (Å²) in [4.78, 5) is 4.48. The summed E-state index contributed by atoms with van der Waals surface area (Å²) in [6.45, 7) is 4.65. The van der Waals surface area contributed by atoms with Crippen molar-refractivity contribution in [3.8, 4) is 16.8 Å². The number of hydrogen-bond donors (Lipinski definition) is 0. The fourth-order valence-electron chi connectivity index (χ4n) is 6.42. The first-order valence-electron chi connectivity index (χ1n) is 12.1. The third-order valence-corrected chi connectivity index (χ3v) is 7.83. The lowest BCUT2D eigenvalue weighted by atomic mass is 9.81. The zero-order chi connectivity index (χ0) is 23.3. The standard InChI is InChI=1S/C32H22N2O/c1-32(2)23-14-6-3-11-20(23)28-29(32)31-27(22-13-5-8-16-25(22)35-31)26-21-12-4-7-15-24(21)34(30(26)28)19-10-9-17-33-18-19/h3-18H,1-2H3. The highest BCUT2D eigenvalue weighted by atomic mass is 16.3. The van der Waals surface area contributed by atoms with Crippen molar-refractivity contribution in [3.05, 3.63) is 108 Å². The molecule has 7 aromatic rings. The molecule has 1 aliphatic carbocycles. The monoisotopic (exact) mass is 450 g/mol. The molecule has 0 atom stereocenters. The van der Waals surface area contributed by atoms with Crippen LogP contribution in [0.2, 0.25) is 0 Å². The highest BCUT2D eigenvalue weighted by Crippen LogP contribution is 2.57. The number of hydrogen-bond acceptors (Lipinski definition) is 2. The highest BCUT2D eigenvalue weighted by molar-refractivity contribution is 6.32. The molecule has 0 aliphatic heterocycles. The van der Waals surface area contributed by atoms with Gasteiger partial charge in [0.15, 0.2) is 0 Å². The predicted octanol–water partition coefficient (Wildman–Crippen LogP) is 8.38. The SMILES string of the molecule is CC1(C)c2ccccc2-c2c1c1oc3ccccc3c1c1c3ccccc3n(-c3cccnc3)c21. The second-order valence-electron chi connectivity index (χ2n) is 10.0. The minimum Gasteiger partial charge on any atom is -0.456 e. The van der Waals surface area contributed by atoms with E-state index in [1.54, 1.807) is 0 Å². The Bertz CT molecular complexity index is 1970. The van der Waals surface area contributed by atoms with E-state index in [0.717, 1.165) is 22.2 Å². The van der Waals surface area contributed by atoms with Crippen LogP contribution in [0.25, 0.3) is 60.6 Å². The molecule has 1 aliphatic rings. The van der Waals surface area contributed by atoms with Crippen molar-refractivity contribution in [1.82, 2.24) is 9.55 Å².